The zero-order chi connectivity index (χ0) is 8.91. The van der Waals surface area contributed by atoms with Crippen molar-refractivity contribution in [3.63, 3.8) is 0 Å². The Morgan fingerprint density at radius 2 is 2.18 bits per heavy atom. The lowest BCUT2D eigenvalue weighted by atomic mass is 9.87. The Bertz CT molecular complexity index is 203. The highest BCUT2D eigenvalue weighted by Gasteiger charge is 2.13. The fourth-order valence-corrected chi connectivity index (χ4v) is 0.923. The smallest absolute Gasteiger partial charge is 0.142 e. The molecule has 0 radical (unpaired) electrons. The van der Waals surface area contributed by atoms with Gasteiger partial charge < -0.3 is 0 Å². The van der Waals surface area contributed by atoms with E-state index in [4.69, 9.17) is 6.42 Å². The van der Waals surface area contributed by atoms with Crippen LogP contribution < -0.4 is 0 Å². The minimum Gasteiger partial charge on any atom is -0.299 e. The number of terminal acetylenes is 1. The van der Waals surface area contributed by atoms with Gasteiger partial charge in [0.2, 0.25) is 0 Å². The molecule has 0 aliphatic heterocycles. The van der Waals surface area contributed by atoms with Gasteiger partial charge in [-0.15, -0.1) is 12.3 Å². The van der Waals surface area contributed by atoms with Crippen LogP contribution in [0.15, 0.2) is 11.6 Å². The first-order valence-corrected chi connectivity index (χ1v) is 3.60. The molecule has 0 aliphatic carbocycles. The topological polar surface area (TPSA) is 17.1 Å². The largest absolute Gasteiger partial charge is 0.299 e. The van der Waals surface area contributed by atoms with Gasteiger partial charge in [-0.05, 0) is 33.3 Å². The Morgan fingerprint density at radius 1 is 1.64 bits per heavy atom. The zero-order valence-corrected chi connectivity index (χ0v) is 7.35. The van der Waals surface area contributed by atoms with Crippen LogP contribution in [0.4, 0.5) is 0 Å². The Labute approximate surface area is 68.5 Å². The second-order valence-electron chi connectivity index (χ2n) is 3.35. The van der Waals surface area contributed by atoms with Crippen molar-refractivity contribution >= 4 is 6.29 Å². The lowest BCUT2D eigenvalue weighted by Crippen LogP contribution is -2.07. The van der Waals surface area contributed by atoms with Crippen LogP contribution in [-0.4, -0.2) is 6.29 Å². The number of hydrogen-bond donors (Lipinski definition) is 0. The van der Waals surface area contributed by atoms with E-state index in [2.05, 4.69) is 5.92 Å². The molecule has 0 unspecified atom stereocenters. The molecule has 0 aromatic rings. The Morgan fingerprint density at radius 3 is 2.55 bits per heavy atom. The summed E-state index contributed by atoms with van der Waals surface area (Å²) in [4.78, 5) is 10.1. The number of allylic oxidation sites excluding steroid dienone is 2. The van der Waals surface area contributed by atoms with Crippen LogP contribution in [0, 0.1) is 17.8 Å². The maximum absolute atomic E-state index is 10.1. The number of rotatable bonds is 3. The summed E-state index contributed by atoms with van der Waals surface area (Å²) in [6.45, 7) is 5.87. The lowest BCUT2D eigenvalue weighted by Gasteiger charge is -2.16. The second kappa shape index (κ2) is 3.98. The van der Waals surface area contributed by atoms with Gasteiger partial charge in [-0.1, -0.05) is 5.57 Å². The molecule has 0 saturated carbocycles. The van der Waals surface area contributed by atoms with Gasteiger partial charge in [-0.3, -0.25) is 4.79 Å². The predicted octanol–water partition coefficient (Wildman–Crippen LogP) is 2.18. The third-order valence-corrected chi connectivity index (χ3v) is 1.46. The van der Waals surface area contributed by atoms with Crippen LogP contribution >= 0.6 is 0 Å². The first-order valence-electron chi connectivity index (χ1n) is 3.60. The quantitative estimate of drug-likeness (QED) is 0.342. The van der Waals surface area contributed by atoms with E-state index < -0.39 is 0 Å². The van der Waals surface area contributed by atoms with E-state index in [0.717, 1.165) is 18.3 Å². The van der Waals surface area contributed by atoms with Gasteiger partial charge >= 0.3 is 0 Å². The van der Waals surface area contributed by atoms with E-state index in [9.17, 15) is 4.79 Å². The van der Waals surface area contributed by atoms with Crippen molar-refractivity contribution in [2.45, 2.75) is 27.2 Å². The molecule has 0 atom stereocenters. The molecule has 0 amide bonds. The maximum atomic E-state index is 10.1. The van der Waals surface area contributed by atoms with Crippen molar-refractivity contribution in [2.75, 3.05) is 0 Å². The fourth-order valence-electron chi connectivity index (χ4n) is 0.923. The van der Waals surface area contributed by atoms with E-state index in [1.54, 1.807) is 6.08 Å². The summed E-state index contributed by atoms with van der Waals surface area (Å²) in [6, 6.07) is 0. The first-order chi connectivity index (χ1) is 5.02. The van der Waals surface area contributed by atoms with Crippen molar-refractivity contribution in [1.29, 1.82) is 0 Å². The maximum Gasteiger partial charge on any atom is 0.142 e. The Kier molecular flexibility index (Phi) is 3.60. The van der Waals surface area contributed by atoms with Crippen molar-refractivity contribution in [3.8, 4) is 12.3 Å². The molecule has 0 aromatic carbocycles. The fraction of sp³-hybridized carbons (Fsp3) is 0.500. The van der Waals surface area contributed by atoms with Crippen molar-refractivity contribution in [2.24, 2.45) is 5.41 Å². The van der Waals surface area contributed by atoms with Crippen molar-refractivity contribution in [3.05, 3.63) is 11.6 Å². The molecular formula is C10H14O. The van der Waals surface area contributed by atoms with Gasteiger partial charge in [0.15, 0.2) is 0 Å². The second-order valence-corrected chi connectivity index (χ2v) is 3.35. The summed E-state index contributed by atoms with van der Waals surface area (Å²) >= 11 is 0. The molecule has 0 aromatic heterocycles. The molecule has 0 aliphatic rings. The molecule has 0 saturated heterocycles. The van der Waals surface area contributed by atoms with Gasteiger partial charge in [-0.2, -0.15) is 0 Å². The Balaban J connectivity index is 4.17. The Hall–Kier alpha value is -1.03. The minimum atomic E-state index is -0.135. The molecule has 11 heavy (non-hydrogen) atoms. The van der Waals surface area contributed by atoms with Crippen LogP contribution in [0.3, 0.4) is 0 Å². The molecule has 0 spiro atoms. The van der Waals surface area contributed by atoms with Gasteiger partial charge in [0.25, 0.3) is 0 Å². The van der Waals surface area contributed by atoms with Crippen LogP contribution in [0.1, 0.15) is 27.2 Å². The standard InChI is InChI=1S/C10H14O/c1-5-10(3,4)8-9(2)6-7-11/h1,6-7H,8H2,2-4H3/b9-6-. The molecule has 0 rings (SSSR count). The van der Waals surface area contributed by atoms with Crippen LogP contribution in [0.2, 0.25) is 0 Å². The highest BCUT2D eigenvalue weighted by molar-refractivity contribution is 5.65. The number of carbonyl (C=O) groups excluding carboxylic acids is 1. The first kappa shape index (κ1) is 9.97. The van der Waals surface area contributed by atoms with Crippen molar-refractivity contribution in [1.82, 2.24) is 0 Å². The molecule has 1 nitrogen and oxygen atoms in total. The third-order valence-electron chi connectivity index (χ3n) is 1.46. The van der Waals surface area contributed by atoms with Crippen LogP contribution in [0.5, 0.6) is 0 Å². The summed E-state index contributed by atoms with van der Waals surface area (Å²) in [5.41, 5.74) is 0.895. The average molecular weight is 150 g/mol. The number of carbonyl (C=O) groups is 1. The highest BCUT2D eigenvalue weighted by atomic mass is 16.1. The summed E-state index contributed by atoms with van der Waals surface area (Å²) in [5, 5.41) is 0. The molecule has 0 heterocycles. The lowest BCUT2D eigenvalue weighted by molar-refractivity contribution is -0.104. The van der Waals surface area contributed by atoms with E-state index in [-0.39, 0.29) is 5.41 Å². The number of aldehydes is 1. The average Bonchev–Trinajstić information content (AvgIpc) is 1.87. The summed E-state index contributed by atoms with van der Waals surface area (Å²) in [7, 11) is 0. The van der Waals surface area contributed by atoms with Crippen molar-refractivity contribution < 1.29 is 4.79 Å². The van der Waals surface area contributed by atoms with Gasteiger partial charge in [0.05, 0.1) is 0 Å². The van der Waals surface area contributed by atoms with E-state index in [1.165, 1.54) is 0 Å². The molecule has 0 N–H and O–H groups in total. The molecule has 0 bridgehead atoms. The minimum absolute atomic E-state index is 0.135. The number of hydrogen-bond acceptors (Lipinski definition) is 1. The molecular weight excluding hydrogens is 136 g/mol. The predicted molar refractivity (Wildman–Crippen MR) is 47.1 cm³/mol. The summed E-state index contributed by atoms with van der Waals surface area (Å²) in [6.07, 6.45) is 8.41. The monoisotopic (exact) mass is 150 g/mol. The van der Waals surface area contributed by atoms with Gasteiger partial charge in [0.1, 0.15) is 6.29 Å². The molecule has 60 valence electrons. The van der Waals surface area contributed by atoms with Gasteiger partial charge in [-0.25, -0.2) is 0 Å². The SMILES string of the molecule is C#CC(C)(C)C/C(C)=C\C=O. The van der Waals surface area contributed by atoms with Crippen LogP contribution in [0.25, 0.3) is 0 Å². The van der Waals surface area contributed by atoms with Gasteiger partial charge in [0, 0.05) is 5.41 Å². The van der Waals surface area contributed by atoms with E-state index >= 15 is 0 Å². The van der Waals surface area contributed by atoms with E-state index in [1.807, 2.05) is 20.8 Å². The van der Waals surface area contributed by atoms with Crippen LogP contribution in [-0.2, 0) is 4.79 Å². The normalized spacial score (nSPS) is 12.4. The molecule has 1 heteroatoms. The zero-order valence-electron chi connectivity index (χ0n) is 7.35. The molecule has 0 fully saturated rings. The third kappa shape index (κ3) is 4.38. The summed E-state index contributed by atoms with van der Waals surface area (Å²) < 4.78 is 0. The highest BCUT2D eigenvalue weighted by Crippen LogP contribution is 2.22. The summed E-state index contributed by atoms with van der Waals surface area (Å²) in [5.74, 6) is 2.67. The van der Waals surface area contributed by atoms with E-state index in [0.29, 0.717) is 0 Å².